The normalized spacial score (nSPS) is 31.8. The van der Waals surface area contributed by atoms with Crippen LogP contribution in [-0.4, -0.2) is 10.7 Å². The first-order valence-electron chi connectivity index (χ1n) is 9.34. The fourth-order valence-electron chi connectivity index (χ4n) is 4.29. The Balaban J connectivity index is 2.01. The van der Waals surface area contributed by atoms with Crippen molar-refractivity contribution in [1.29, 1.82) is 0 Å². The van der Waals surface area contributed by atoms with Crippen molar-refractivity contribution >= 4 is 23.2 Å². The summed E-state index contributed by atoms with van der Waals surface area (Å²) in [7, 11) is 0. The number of benzene rings is 2. The molecule has 1 aliphatic rings. The first-order valence-corrected chi connectivity index (χ1v) is 10.1. The van der Waals surface area contributed by atoms with Crippen LogP contribution in [0.3, 0.4) is 0 Å². The summed E-state index contributed by atoms with van der Waals surface area (Å²) < 4.78 is 0. The van der Waals surface area contributed by atoms with Gasteiger partial charge in [0.15, 0.2) is 0 Å². The van der Waals surface area contributed by atoms with Gasteiger partial charge in [-0.1, -0.05) is 67.7 Å². The van der Waals surface area contributed by atoms with Gasteiger partial charge in [-0.15, -0.1) is 0 Å². The lowest BCUT2D eigenvalue weighted by atomic mass is 9.65. The van der Waals surface area contributed by atoms with Crippen molar-refractivity contribution in [2.45, 2.75) is 51.3 Å². The van der Waals surface area contributed by atoms with E-state index in [-0.39, 0.29) is 23.9 Å². The summed E-state index contributed by atoms with van der Waals surface area (Å²) in [4.78, 5) is 0. The van der Waals surface area contributed by atoms with Gasteiger partial charge in [0.25, 0.3) is 0 Å². The molecule has 1 aliphatic heterocycles. The predicted octanol–water partition coefficient (Wildman–Crippen LogP) is 6.18. The van der Waals surface area contributed by atoms with Gasteiger partial charge in [0.2, 0.25) is 0 Å². The number of halogens is 2. The van der Waals surface area contributed by atoms with Gasteiger partial charge < -0.3 is 10.4 Å². The van der Waals surface area contributed by atoms with Gasteiger partial charge in [-0.05, 0) is 48.7 Å². The lowest BCUT2D eigenvalue weighted by Gasteiger charge is -2.52. The van der Waals surface area contributed by atoms with E-state index in [0.29, 0.717) is 0 Å². The molecule has 0 spiro atoms. The largest absolute Gasteiger partial charge is 0.389 e. The van der Waals surface area contributed by atoms with Crippen LogP contribution in [-0.2, 0) is 0 Å². The van der Waals surface area contributed by atoms with E-state index >= 15 is 0 Å². The fourth-order valence-corrected chi connectivity index (χ4v) is 4.54. The van der Waals surface area contributed by atoms with E-state index in [1.165, 1.54) is 5.56 Å². The van der Waals surface area contributed by atoms with Gasteiger partial charge in [-0.2, -0.15) is 0 Å². The lowest BCUT2D eigenvalue weighted by Crippen LogP contribution is -2.56. The Hall–Kier alpha value is -1.06. The van der Waals surface area contributed by atoms with Crippen LogP contribution in [0.5, 0.6) is 0 Å². The zero-order valence-electron chi connectivity index (χ0n) is 15.5. The molecule has 3 rings (SSSR count). The maximum atomic E-state index is 11.5. The Morgan fingerprint density at radius 3 is 1.85 bits per heavy atom. The highest BCUT2D eigenvalue weighted by atomic mass is 35.5. The minimum absolute atomic E-state index is 0.0519. The topological polar surface area (TPSA) is 32.3 Å². The molecule has 2 nitrogen and oxygen atoms in total. The third-order valence-electron chi connectivity index (χ3n) is 5.99. The van der Waals surface area contributed by atoms with Crippen molar-refractivity contribution < 1.29 is 5.11 Å². The number of piperidine rings is 1. The summed E-state index contributed by atoms with van der Waals surface area (Å²) >= 11 is 12.1. The van der Waals surface area contributed by atoms with Crippen molar-refractivity contribution in [2.24, 2.45) is 11.8 Å². The van der Waals surface area contributed by atoms with E-state index < -0.39 is 5.60 Å². The minimum atomic E-state index is -0.782. The molecule has 1 saturated heterocycles. The van der Waals surface area contributed by atoms with Gasteiger partial charge in [-0.3, -0.25) is 0 Å². The van der Waals surface area contributed by atoms with Crippen LogP contribution in [0, 0.1) is 11.8 Å². The molecule has 0 bridgehead atoms. The Bertz CT molecular complexity index is 727. The van der Waals surface area contributed by atoms with Gasteiger partial charge in [0, 0.05) is 34.0 Å². The second kappa shape index (κ2) is 7.90. The molecular formula is C22H27Cl2NO. The van der Waals surface area contributed by atoms with Gasteiger partial charge in [0.05, 0.1) is 5.60 Å². The summed E-state index contributed by atoms with van der Waals surface area (Å²) in [5, 5.41) is 16.8. The number of hydrogen-bond donors (Lipinski definition) is 2. The van der Waals surface area contributed by atoms with E-state index in [9.17, 15) is 5.11 Å². The van der Waals surface area contributed by atoms with Crippen LogP contribution in [0.4, 0.5) is 0 Å². The third kappa shape index (κ3) is 3.80. The van der Waals surface area contributed by atoms with Crippen LogP contribution in [0.15, 0.2) is 48.5 Å². The SMILES string of the molecule is CCC[C@@H]1[C@H](c2ccc(Cl)cc2)N[C@H](c2ccc(Cl)cc2)[C@@H](C)[C@@]1(C)O. The fraction of sp³-hybridized carbons (Fsp3) is 0.455. The molecular weight excluding hydrogens is 365 g/mol. The Labute approximate surface area is 166 Å². The molecule has 1 heterocycles. The second-order valence-electron chi connectivity index (χ2n) is 7.63. The molecule has 26 heavy (non-hydrogen) atoms. The number of rotatable bonds is 4. The van der Waals surface area contributed by atoms with E-state index in [0.717, 1.165) is 28.5 Å². The van der Waals surface area contributed by atoms with E-state index in [2.05, 4.69) is 31.3 Å². The summed E-state index contributed by atoms with van der Waals surface area (Å²) in [6.07, 6.45) is 2.00. The van der Waals surface area contributed by atoms with Crippen LogP contribution in [0.25, 0.3) is 0 Å². The smallest absolute Gasteiger partial charge is 0.0709 e. The average molecular weight is 392 g/mol. The zero-order valence-corrected chi connectivity index (χ0v) is 17.1. The molecule has 5 atom stereocenters. The lowest BCUT2D eigenvalue weighted by molar-refractivity contribution is -0.105. The van der Waals surface area contributed by atoms with Crippen LogP contribution in [0.1, 0.15) is 56.8 Å². The molecule has 2 aromatic rings. The molecule has 0 aliphatic carbocycles. The Morgan fingerprint density at radius 1 is 0.923 bits per heavy atom. The van der Waals surface area contributed by atoms with Crippen molar-refractivity contribution in [1.82, 2.24) is 5.32 Å². The maximum Gasteiger partial charge on any atom is 0.0709 e. The molecule has 2 N–H and O–H groups in total. The van der Waals surface area contributed by atoms with Gasteiger partial charge in [0.1, 0.15) is 0 Å². The minimum Gasteiger partial charge on any atom is -0.389 e. The van der Waals surface area contributed by atoms with Gasteiger partial charge in [-0.25, -0.2) is 0 Å². The highest BCUT2D eigenvalue weighted by Gasteiger charge is 2.49. The summed E-state index contributed by atoms with van der Waals surface area (Å²) in [6, 6.07) is 16.0. The van der Waals surface area contributed by atoms with Crippen LogP contribution < -0.4 is 5.32 Å². The number of aliphatic hydroxyl groups is 1. The maximum absolute atomic E-state index is 11.5. The van der Waals surface area contributed by atoms with Crippen LogP contribution in [0.2, 0.25) is 10.0 Å². The number of hydrogen-bond acceptors (Lipinski definition) is 2. The van der Waals surface area contributed by atoms with E-state index in [4.69, 9.17) is 23.2 Å². The first kappa shape index (κ1) is 19.7. The second-order valence-corrected chi connectivity index (χ2v) is 8.51. The molecule has 0 aromatic heterocycles. The molecule has 0 radical (unpaired) electrons. The molecule has 2 aromatic carbocycles. The van der Waals surface area contributed by atoms with Crippen molar-refractivity contribution in [3.8, 4) is 0 Å². The molecule has 0 unspecified atom stereocenters. The van der Waals surface area contributed by atoms with Crippen molar-refractivity contribution in [2.75, 3.05) is 0 Å². The van der Waals surface area contributed by atoms with Crippen molar-refractivity contribution in [3.63, 3.8) is 0 Å². The highest BCUT2D eigenvalue weighted by molar-refractivity contribution is 6.30. The molecule has 4 heteroatoms. The Morgan fingerprint density at radius 2 is 1.38 bits per heavy atom. The quantitative estimate of drug-likeness (QED) is 0.651. The molecule has 140 valence electrons. The summed E-state index contributed by atoms with van der Waals surface area (Å²) in [5.41, 5.74) is 1.53. The monoisotopic (exact) mass is 391 g/mol. The van der Waals surface area contributed by atoms with Crippen LogP contribution >= 0.6 is 23.2 Å². The van der Waals surface area contributed by atoms with Gasteiger partial charge >= 0.3 is 0 Å². The van der Waals surface area contributed by atoms with E-state index in [1.807, 2.05) is 43.3 Å². The summed E-state index contributed by atoms with van der Waals surface area (Å²) in [5.74, 6) is 0.205. The predicted molar refractivity (Wildman–Crippen MR) is 110 cm³/mol. The van der Waals surface area contributed by atoms with E-state index in [1.54, 1.807) is 0 Å². The highest BCUT2D eigenvalue weighted by Crippen LogP contribution is 2.48. The standard InChI is InChI=1S/C22H27Cl2NO/c1-4-5-19-21(16-8-12-18(24)13-9-16)25-20(14(2)22(19,3)26)15-6-10-17(23)11-7-15/h6-14,19-21,25-26H,4-5H2,1-3H3/t14-,19-,20+,21+,22-/m1/s1. The third-order valence-corrected chi connectivity index (χ3v) is 6.50. The molecule has 1 fully saturated rings. The van der Waals surface area contributed by atoms with Crippen molar-refractivity contribution in [3.05, 3.63) is 69.7 Å². The summed E-state index contributed by atoms with van der Waals surface area (Å²) in [6.45, 7) is 6.29. The molecule has 0 saturated carbocycles. The average Bonchev–Trinajstić information content (AvgIpc) is 2.62. The molecule has 0 amide bonds. The Kier molecular flexibility index (Phi) is 5.98. The first-order chi connectivity index (χ1) is 12.3. The zero-order chi connectivity index (χ0) is 18.9. The number of nitrogens with one attached hydrogen (secondary N) is 1.